The maximum Gasteiger partial charge on any atom is 0.224 e. The van der Waals surface area contributed by atoms with Crippen LogP contribution in [0.15, 0.2) is 18.2 Å². The molecular formula is C13H16F2N2O2. The minimum atomic E-state index is -1.00. The van der Waals surface area contributed by atoms with E-state index < -0.39 is 23.1 Å². The summed E-state index contributed by atoms with van der Waals surface area (Å²) in [6.07, 6.45) is 0.314. The predicted molar refractivity (Wildman–Crippen MR) is 65.5 cm³/mol. The molecule has 1 amide bonds. The van der Waals surface area contributed by atoms with Gasteiger partial charge in [0.05, 0.1) is 12.0 Å². The number of amides is 1. The molecule has 0 saturated carbocycles. The van der Waals surface area contributed by atoms with E-state index in [2.05, 4.69) is 10.6 Å². The number of benzene rings is 1. The van der Waals surface area contributed by atoms with Crippen LogP contribution in [0.3, 0.4) is 0 Å². The Morgan fingerprint density at radius 3 is 2.95 bits per heavy atom. The van der Waals surface area contributed by atoms with Crippen molar-refractivity contribution in [3.63, 3.8) is 0 Å². The summed E-state index contributed by atoms with van der Waals surface area (Å²) in [5.74, 6) is -2.41. The largest absolute Gasteiger partial charge is 0.387 e. The molecule has 1 atom stereocenters. The van der Waals surface area contributed by atoms with Gasteiger partial charge in [0, 0.05) is 18.7 Å². The van der Waals surface area contributed by atoms with Gasteiger partial charge in [-0.25, -0.2) is 8.78 Å². The van der Waals surface area contributed by atoms with E-state index in [0.29, 0.717) is 19.5 Å². The number of β-amino-alcohol motifs (C(OH)–C–C–N with tert-alkyl or cyclic N) is 1. The first kappa shape index (κ1) is 13.9. The number of nitrogens with one attached hydrogen (secondary N) is 2. The third-order valence-corrected chi connectivity index (χ3v) is 3.22. The summed E-state index contributed by atoms with van der Waals surface area (Å²) in [6.45, 7) is 1.22. The zero-order valence-corrected chi connectivity index (χ0v) is 10.4. The molecule has 1 aliphatic rings. The van der Waals surface area contributed by atoms with Crippen molar-refractivity contribution in [2.75, 3.05) is 19.6 Å². The van der Waals surface area contributed by atoms with Crippen LogP contribution in [-0.2, 0) is 11.2 Å². The van der Waals surface area contributed by atoms with E-state index in [1.807, 2.05) is 0 Å². The summed E-state index contributed by atoms with van der Waals surface area (Å²) in [5.41, 5.74) is -0.940. The van der Waals surface area contributed by atoms with Gasteiger partial charge in [-0.15, -0.1) is 0 Å². The fourth-order valence-electron chi connectivity index (χ4n) is 2.06. The molecule has 0 aromatic heterocycles. The molecule has 19 heavy (non-hydrogen) atoms. The van der Waals surface area contributed by atoms with E-state index in [1.54, 1.807) is 0 Å². The molecule has 0 radical (unpaired) electrons. The molecular weight excluding hydrogens is 254 g/mol. The van der Waals surface area contributed by atoms with Crippen LogP contribution in [0, 0.1) is 11.6 Å². The molecule has 3 N–H and O–H groups in total. The maximum absolute atomic E-state index is 13.4. The van der Waals surface area contributed by atoms with Crippen molar-refractivity contribution in [3.05, 3.63) is 35.4 Å². The van der Waals surface area contributed by atoms with Crippen LogP contribution in [-0.4, -0.2) is 36.2 Å². The zero-order chi connectivity index (χ0) is 13.9. The first-order valence-electron chi connectivity index (χ1n) is 6.13. The smallest absolute Gasteiger partial charge is 0.224 e. The molecule has 4 nitrogen and oxygen atoms in total. The lowest BCUT2D eigenvalue weighted by atomic mass is 10.0. The van der Waals surface area contributed by atoms with E-state index in [1.165, 1.54) is 12.1 Å². The number of carbonyl (C=O) groups is 1. The van der Waals surface area contributed by atoms with Gasteiger partial charge in [-0.2, -0.15) is 0 Å². The number of halogens is 2. The lowest BCUT2D eigenvalue weighted by Crippen LogP contribution is -2.44. The Hall–Kier alpha value is -1.53. The fourth-order valence-corrected chi connectivity index (χ4v) is 2.06. The van der Waals surface area contributed by atoms with Gasteiger partial charge >= 0.3 is 0 Å². The van der Waals surface area contributed by atoms with Gasteiger partial charge in [0.25, 0.3) is 0 Å². The summed E-state index contributed by atoms with van der Waals surface area (Å²) in [4.78, 5) is 11.6. The van der Waals surface area contributed by atoms with Crippen LogP contribution < -0.4 is 10.6 Å². The Morgan fingerprint density at radius 2 is 2.26 bits per heavy atom. The third-order valence-electron chi connectivity index (χ3n) is 3.22. The van der Waals surface area contributed by atoms with Crippen molar-refractivity contribution in [1.82, 2.24) is 10.6 Å². The van der Waals surface area contributed by atoms with Crippen molar-refractivity contribution in [3.8, 4) is 0 Å². The Bertz CT molecular complexity index is 474. The summed E-state index contributed by atoms with van der Waals surface area (Å²) in [6, 6.07) is 3.73. The molecule has 0 aliphatic carbocycles. The van der Waals surface area contributed by atoms with Crippen molar-refractivity contribution >= 4 is 5.91 Å². The second-order valence-electron chi connectivity index (χ2n) is 4.82. The number of hydrogen-bond acceptors (Lipinski definition) is 3. The molecule has 2 rings (SSSR count). The first-order valence-corrected chi connectivity index (χ1v) is 6.13. The van der Waals surface area contributed by atoms with E-state index in [9.17, 15) is 18.7 Å². The highest BCUT2D eigenvalue weighted by Gasteiger charge is 2.31. The number of hydrogen-bond donors (Lipinski definition) is 3. The predicted octanol–water partition coefficient (Wildman–Crippen LogP) is 0.348. The minimum absolute atomic E-state index is 0.00837. The van der Waals surface area contributed by atoms with Crippen LogP contribution >= 0.6 is 0 Å². The molecule has 6 heteroatoms. The topological polar surface area (TPSA) is 61.4 Å². The number of carbonyl (C=O) groups excluding carboxylic acids is 1. The summed E-state index contributed by atoms with van der Waals surface area (Å²) >= 11 is 0. The highest BCUT2D eigenvalue weighted by atomic mass is 19.2. The van der Waals surface area contributed by atoms with Gasteiger partial charge in [0.2, 0.25) is 5.91 Å². The maximum atomic E-state index is 13.4. The van der Waals surface area contributed by atoms with Gasteiger partial charge < -0.3 is 15.7 Å². The summed E-state index contributed by atoms with van der Waals surface area (Å²) in [7, 11) is 0. The molecule has 1 aliphatic heterocycles. The quantitative estimate of drug-likeness (QED) is 0.740. The second-order valence-corrected chi connectivity index (χ2v) is 4.82. The molecule has 1 unspecified atom stereocenters. The lowest BCUT2D eigenvalue weighted by molar-refractivity contribution is -0.121. The van der Waals surface area contributed by atoms with Crippen molar-refractivity contribution in [2.45, 2.75) is 18.4 Å². The van der Waals surface area contributed by atoms with Crippen LogP contribution in [0.25, 0.3) is 0 Å². The van der Waals surface area contributed by atoms with E-state index in [0.717, 1.165) is 6.07 Å². The van der Waals surface area contributed by atoms with Crippen LogP contribution in [0.4, 0.5) is 8.78 Å². The molecule has 1 saturated heterocycles. The zero-order valence-electron chi connectivity index (χ0n) is 10.4. The van der Waals surface area contributed by atoms with Gasteiger partial charge in [-0.3, -0.25) is 4.79 Å². The van der Waals surface area contributed by atoms with E-state index in [-0.39, 0.29) is 18.5 Å². The van der Waals surface area contributed by atoms with Crippen molar-refractivity contribution in [1.29, 1.82) is 0 Å². The fraction of sp³-hybridized carbons (Fsp3) is 0.462. The highest BCUT2D eigenvalue weighted by Crippen LogP contribution is 2.14. The molecule has 1 aromatic carbocycles. The average Bonchev–Trinajstić information content (AvgIpc) is 2.80. The Morgan fingerprint density at radius 1 is 1.47 bits per heavy atom. The molecule has 1 heterocycles. The Balaban J connectivity index is 1.89. The Labute approximate surface area is 109 Å². The lowest BCUT2D eigenvalue weighted by Gasteiger charge is -2.21. The molecule has 104 valence electrons. The SMILES string of the molecule is O=C(Cc1cccc(F)c1F)NCC1(O)CCNC1. The first-order chi connectivity index (χ1) is 9.00. The second kappa shape index (κ2) is 5.63. The normalized spacial score (nSPS) is 22.5. The van der Waals surface area contributed by atoms with Crippen molar-refractivity contribution in [2.24, 2.45) is 0 Å². The third kappa shape index (κ3) is 3.48. The van der Waals surface area contributed by atoms with Gasteiger partial charge in [-0.05, 0) is 19.0 Å². The van der Waals surface area contributed by atoms with Gasteiger partial charge in [0.1, 0.15) is 0 Å². The van der Waals surface area contributed by atoms with Crippen LogP contribution in [0.5, 0.6) is 0 Å². The summed E-state index contributed by atoms with van der Waals surface area (Å²) < 4.78 is 26.3. The highest BCUT2D eigenvalue weighted by molar-refractivity contribution is 5.78. The number of rotatable bonds is 4. The minimum Gasteiger partial charge on any atom is -0.387 e. The van der Waals surface area contributed by atoms with E-state index in [4.69, 9.17) is 0 Å². The number of aliphatic hydroxyl groups is 1. The molecule has 0 bridgehead atoms. The van der Waals surface area contributed by atoms with E-state index >= 15 is 0 Å². The van der Waals surface area contributed by atoms with Crippen LogP contribution in [0.2, 0.25) is 0 Å². The van der Waals surface area contributed by atoms with Gasteiger partial charge in [-0.1, -0.05) is 12.1 Å². The molecule has 1 fully saturated rings. The van der Waals surface area contributed by atoms with Gasteiger partial charge in [0.15, 0.2) is 11.6 Å². The van der Waals surface area contributed by atoms with Crippen molar-refractivity contribution < 1.29 is 18.7 Å². The average molecular weight is 270 g/mol. The van der Waals surface area contributed by atoms with Crippen LogP contribution in [0.1, 0.15) is 12.0 Å². The molecule has 0 spiro atoms. The standard InChI is InChI=1S/C13H16F2N2O2/c14-10-3-1-2-9(12(10)15)6-11(18)17-8-13(19)4-5-16-7-13/h1-3,16,19H,4-8H2,(H,17,18). The molecule has 1 aromatic rings. The summed E-state index contributed by atoms with van der Waals surface area (Å²) in [5, 5.41) is 15.5. The Kier molecular flexibility index (Phi) is 4.11. The monoisotopic (exact) mass is 270 g/mol.